The van der Waals surface area contributed by atoms with Crippen LogP contribution in [0.1, 0.15) is 48.5 Å². The Morgan fingerprint density at radius 1 is 1.09 bits per heavy atom. The van der Waals surface area contributed by atoms with Crippen LogP contribution in [0.25, 0.3) is 22.2 Å². The fraction of sp³-hybridized carbons (Fsp3) is 0.333. The van der Waals surface area contributed by atoms with Gasteiger partial charge in [0, 0.05) is 21.3 Å². The summed E-state index contributed by atoms with van der Waals surface area (Å²) in [6, 6.07) is 15.3. The zero-order chi connectivity index (χ0) is 24.3. The van der Waals surface area contributed by atoms with Gasteiger partial charge in [0.2, 0.25) is 0 Å². The largest absolute Gasteiger partial charge is 0.481 e. The van der Waals surface area contributed by atoms with E-state index in [2.05, 4.69) is 21.2 Å². The number of aliphatic carboxylic acids is 1. The number of rotatable bonds is 4. The van der Waals surface area contributed by atoms with E-state index >= 15 is 0 Å². The summed E-state index contributed by atoms with van der Waals surface area (Å²) in [6.45, 7) is 3.57. The maximum atomic E-state index is 13.9. The molecule has 3 aromatic rings. The number of benzene rings is 2. The fourth-order valence-corrected chi connectivity index (χ4v) is 6.19. The number of carboxylic acid groups (broad SMARTS) is 1. The molecule has 1 atom stereocenters. The maximum absolute atomic E-state index is 13.9. The molecular weight excluding hydrogens is 496 g/mol. The van der Waals surface area contributed by atoms with Gasteiger partial charge in [-0.25, -0.2) is 4.98 Å². The SMILES string of the molecule is Cc1c(-c2ccccc2)nc2ccc(Br)cc2c1C(=O)NC12CCC(C(=O)O)(CC1)C(C)C2=O. The van der Waals surface area contributed by atoms with Crippen molar-refractivity contribution in [3.8, 4) is 11.3 Å². The highest BCUT2D eigenvalue weighted by Gasteiger charge is 2.62. The lowest BCUT2D eigenvalue weighted by molar-refractivity contribution is -0.169. The van der Waals surface area contributed by atoms with Crippen LogP contribution in [-0.4, -0.2) is 33.3 Å². The molecule has 2 N–H and O–H groups in total. The van der Waals surface area contributed by atoms with Gasteiger partial charge in [-0.2, -0.15) is 0 Å². The van der Waals surface area contributed by atoms with E-state index in [4.69, 9.17) is 4.98 Å². The Bertz CT molecular complexity index is 1340. The van der Waals surface area contributed by atoms with Gasteiger partial charge < -0.3 is 10.4 Å². The molecule has 7 heteroatoms. The standard InChI is InChI=1S/C27H25BrN2O4/c1-15-21(19-14-18(28)8-9-20(19)29-22(15)17-6-4-3-5-7-17)24(32)30-27-12-10-26(11-13-27,25(33)34)16(2)23(27)31/h3-9,14,16H,10-13H2,1-2H3,(H,30,32)(H,33,34). The number of nitrogens with zero attached hydrogens (tertiary/aromatic N) is 1. The third-order valence-corrected chi connectivity index (χ3v) is 8.43. The first-order valence-electron chi connectivity index (χ1n) is 11.4. The van der Waals surface area contributed by atoms with Crippen LogP contribution >= 0.6 is 15.9 Å². The molecule has 1 aromatic heterocycles. The van der Waals surface area contributed by atoms with Crippen LogP contribution in [0, 0.1) is 18.3 Å². The minimum Gasteiger partial charge on any atom is -0.481 e. The number of aromatic nitrogens is 1. The second kappa shape index (κ2) is 8.01. The van der Waals surface area contributed by atoms with Crippen LogP contribution in [0.4, 0.5) is 0 Å². The lowest BCUT2D eigenvalue weighted by atomic mass is 9.52. The number of nitrogens with one attached hydrogen (secondary N) is 1. The smallest absolute Gasteiger partial charge is 0.310 e. The normalized spacial score (nSPS) is 26.0. The molecule has 174 valence electrons. The van der Waals surface area contributed by atoms with E-state index in [1.165, 1.54) is 0 Å². The van der Waals surface area contributed by atoms with Crippen molar-refractivity contribution in [3.63, 3.8) is 0 Å². The van der Waals surface area contributed by atoms with Gasteiger partial charge in [0.05, 0.1) is 27.7 Å². The first-order valence-corrected chi connectivity index (χ1v) is 12.2. The zero-order valence-corrected chi connectivity index (χ0v) is 20.6. The Balaban J connectivity index is 1.60. The molecule has 0 aliphatic heterocycles. The molecule has 6 nitrogen and oxygen atoms in total. The number of carbonyl (C=O) groups excluding carboxylic acids is 2. The molecule has 34 heavy (non-hydrogen) atoms. The van der Waals surface area contributed by atoms with E-state index in [-0.39, 0.29) is 11.7 Å². The highest BCUT2D eigenvalue weighted by Crippen LogP contribution is 2.54. The van der Waals surface area contributed by atoms with Crippen LogP contribution < -0.4 is 5.32 Å². The lowest BCUT2D eigenvalue weighted by Crippen LogP contribution is -2.67. The van der Waals surface area contributed by atoms with Gasteiger partial charge in [-0.05, 0) is 56.4 Å². The number of hydrogen-bond donors (Lipinski definition) is 2. The Labute approximate surface area is 205 Å². The average molecular weight is 521 g/mol. The Hall–Kier alpha value is -3.06. The van der Waals surface area contributed by atoms with Gasteiger partial charge in [-0.15, -0.1) is 0 Å². The van der Waals surface area contributed by atoms with E-state index in [0.29, 0.717) is 42.1 Å². The molecule has 1 unspecified atom stereocenters. The molecule has 2 aromatic carbocycles. The summed E-state index contributed by atoms with van der Waals surface area (Å²) < 4.78 is 0.826. The van der Waals surface area contributed by atoms with Gasteiger partial charge >= 0.3 is 5.97 Å². The number of halogens is 1. The summed E-state index contributed by atoms with van der Waals surface area (Å²) in [5, 5.41) is 13.6. The van der Waals surface area contributed by atoms with Crippen molar-refractivity contribution in [2.45, 2.75) is 45.1 Å². The van der Waals surface area contributed by atoms with Crippen molar-refractivity contribution in [1.29, 1.82) is 0 Å². The molecule has 2 bridgehead atoms. The van der Waals surface area contributed by atoms with E-state index in [0.717, 1.165) is 21.3 Å². The summed E-state index contributed by atoms with van der Waals surface area (Å²) in [5.41, 5.74) is 1.48. The Morgan fingerprint density at radius 3 is 2.41 bits per heavy atom. The molecule has 3 aliphatic carbocycles. The topological polar surface area (TPSA) is 96.4 Å². The van der Waals surface area contributed by atoms with Crippen molar-refractivity contribution >= 4 is 44.5 Å². The monoisotopic (exact) mass is 520 g/mol. The molecule has 6 rings (SSSR count). The van der Waals surface area contributed by atoms with E-state index in [9.17, 15) is 19.5 Å². The van der Waals surface area contributed by atoms with Crippen LogP contribution in [0.3, 0.4) is 0 Å². The van der Waals surface area contributed by atoms with Crippen molar-refractivity contribution in [2.75, 3.05) is 0 Å². The second-order valence-corrected chi connectivity index (χ2v) is 10.5. The molecule has 1 amide bonds. The van der Waals surface area contributed by atoms with Crippen molar-refractivity contribution < 1.29 is 19.5 Å². The van der Waals surface area contributed by atoms with Crippen molar-refractivity contribution in [3.05, 3.63) is 64.1 Å². The summed E-state index contributed by atoms with van der Waals surface area (Å²) in [4.78, 5) is 44.1. The first kappa shape index (κ1) is 22.7. The Morgan fingerprint density at radius 2 is 1.76 bits per heavy atom. The maximum Gasteiger partial charge on any atom is 0.310 e. The Kier molecular flexibility index (Phi) is 5.35. The summed E-state index contributed by atoms with van der Waals surface area (Å²) in [7, 11) is 0. The van der Waals surface area contributed by atoms with Gasteiger partial charge in [-0.1, -0.05) is 53.2 Å². The van der Waals surface area contributed by atoms with Gasteiger partial charge in [0.1, 0.15) is 0 Å². The van der Waals surface area contributed by atoms with Crippen LogP contribution in [0.2, 0.25) is 0 Å². The first-order chi connectivity index (χ1) is 16.2. The van der Waals surface area contributed by atoms with Crippen LogP contribution in [0.5, 0.6) is 0 Å². The minimum absolute atomic E-state index is 0.179. The predicted octanol–water partition coefficient (Wildman–Crippen LogP) is 5.31. The summed E-state index contributed by atoms with van der Waals surface area (Å²) in [6.07, 6.45) is 1.44. The number of carbonyl (C=O) groups is 3. The molecule has 3 fully saturated rings. The van der Waals surface area contributed by atoms with Gasteiger partial charge in [0.25, 0.3) is 5.91 Å². The van der Waals surface area contributed by atoms with Gasteiger partial charge in [-0.3, -0.25) is 14.4 Å². The molecular formula is C27H25BrN2O4. The molecule has 3 saturated carbocycles. The predicted molar refractivity (Wildman–Crippen MR) is 133 cm³/mol. The molecule has 3 aliphatic rings. The number of carboxylic acids is 1. The minimum atomic E-state index is -1.03. The molecule has 0 saturated heterocycles. The lowest BCUT2D eigenvalue weighted by Gasteiger charge is -2.53. The second-order valence-electron chi connectivity index (χ2n) is 9.57. The van der Waals surface area contributed by atoms with Crippen LogP contribution in [-0.2, 0) is 9.59 Å². The number of amides is 1. The van der Waals surface area contributed by atoms with Crippen molar-refractivity contribution in [1.82, 2.24) is 10.3 Å². The number of ketones is 1. The average Bonchev–Trinajstić information content (AvgIpc) is 2.82. The zero-order valence-electron chi connectivity index (χ0n) is 19.0. The van der Waals surface area contributed by atoms with E-state index < -0.39 is 22.8 Å². The third kappa shape index (κ3) is 3.28. The molecule has 1 heterocycles. The molecule has 0 radical (unpaired) electrons. The number of Topliss-reactive ketones (excluding diaryl/α,β-unsaturated/α-hetero) is 1. The van der Waals surface area contributed by atoms with E-state index in [1.54, 1.807) is 6.92 Å². The highest BCUT2D eigenvalue weighted by molar-refractivity contribution is 9.10. The highest BCUT2D eigenvalue weighted by atomic mass is 79.9. The number of hydrogen-bond acceptors (Lipinski definition) is 4. The summed E-state index contributed by atoms with van der Waals surface area (Å²) in [5.74, 6) is -2.06. The number of fused-ring (bicyclic) bond motifs is 4. The number of pyridine rings is 1. The van der Waals surface area contributed by atoms with Crippen LogP contribution in [0.15, 0.2) is 53.0 Å². The third-order valence-electron chi connectivity index (χ3n) is 7.93. The van der Waals surface area contributed by atoms with E-state index in [1.807, 2.05) is 55.5 Å². The quantitative estimate of drug-likeness (QED) is 0.486. The molecule has 0 spiro atoms. The fourth-order valence-electron chi connectivity index (χ4n) is 5.83. The summed E-state index contributed by atoms with van der Waals surface area (Å²) >= 11 is 3.50. The van der Waals surface area contributed by atoms with Crippen molar-refractivity contribution in [2.24, 2.45) is 11.3 Å². The van der Waals surface area contributed by atoms with Gasteiger partial charge in [0.15, 0.2) is 5.78 Å².